The lowest BCUT2D eigenvalue weighted by molar-refractivity contribution is 0.0206. The smallest absolute Gasteiger partial charge is 0.129 e. The molecular formula is C13H24N2O2. The Labute approximate surface area is 104 Å². The Morgan fingerprint density at radius 2 is 1.94 bits per heavy atom. The van der Waals surface area contributed by atoms with Crippen molar-refractivity contribution < 1.29 is 9.15 Å². The van der Waals surface area contributed by atoms with Crippen molar-refractivity contribution in [1.29, 1.82) is 0 Å². The molecule has 4 nitrogen and oxygen atoms in total. The molecule has 98 valence electrons. The molecule has 0 spiro atoms. The summed E-state index contributed by atoms with van der Waals surface area (Å²) in [4.78, 5) is 2.15. The van der Waals surface area contributed by atoms with E-state index in [0.717, 1.165) is 18.1 Å². The SMILES string of the molecule is CNCc1ccc(COCC(C)(C)N(C)C)o1. The van der Waals surface area contributed by atoms with E-state index in [1.54, 1.807) is 0 Å². The monoisotopic (exact) mass is 240 g/mol. The van der Waals surface area contributed by atoms with E-state index >= 15 is 0 Å². The molecule has 0 aliphatic carbocycles. The minimum Gasteiger partial charge on any atom is -0.462 e. The number of nitrogens with zero attached hydrogens (tertiary/aromatic N) is 1. The fourth-order valence-corrected chi connectivity index (χ4v) is 1.30. The van der Waals surface area contributed by atoms with Crippen LogP contribution in [-0.4, -0.2) is 38.2 Å². The molecule has 0 aromatic carbocycles. The molecular weight excluding hydrogens is 216 g/mol. The van der Waals surface area contributed by atoms with Crippen molar-refractivity contribution in [2.45, 2.75) is 32.5 Å². The molecule has 0 saturated carbocycles. The van der Waals surface area contributed by atoms with Crippen LogP contribution in [0.15, 0.2) is 16.5 Å². The van der Waals surface area contributed by atoms with Gasteiger partial charge in [0.15, 0.2) is 0 Å². The van der Waals surface area contributed by atoms with Gasteiger partial charge in [-0.05, 0) is 47.1 Å². The first kappa shape index (κ1) is 14.2. The summed E-state index contributed by atoms with van der Waals surface area (Å²) in [6.45, 7) is 6.27. The molecule has 17 heavy (non-hydrogen) atoms. The quantitative estimate of drug-likeness (QED) is 0.789. The summed E-state index contributed by atoms with van der Waals surface area (Å²) in [5, 5.41) is 3.05. The van der Waals surface area contributed by atoms with Gasteiger partial charge in [-0.2, -0.15) is 0 Å². The number of hydrogen-bond donors (Lipinski definition) is 1. The summed E-state index contributed by atoms with van der Waals surface area (Å²) in [6.07, 6.45) is 0. The van der Waals surface area contributed by atoms with E-state index in [4.69, 9.17) is 9.15 Å². The second-order valence-corrected chi connectivity index (χ2v) is 5.10. The van der Waals surface area contributed by atoms with Gasteiger partial charge in [-0.15, -0.1) is 0 Å². The minimum atomic E-state index is 0.0421. The van der Waals surface area contributed by atoms with Crippen molar-refractivity contribution in [3.05, 3.63) is 23.7 Å². The lowest BCUT2D eigenvalue weighted by atomic mass is 10.1. The van der Waals surface area contributed by atoms with Crippen molar-refractivity contribution in [2.24, 2.45) is 0 Å². The van der Waals surface area contributed by atoms with E-state index in [1.165, 1.54) is 0 Å². The Balaban J connectivity index is 2.35. The number of nitrogens with one attached hydrogen (secondary N) is 1. The molecule has 0 saturated heterocycles. The van der Waals surface area contributed by atoms with Crippen LogP contribution in [0.25, 0.3) is 0 Å². The van der Waals surface area contributed by atoms with Gasteiger partial charge in [0.05, 0.1) is 13.2 Å². The van der Waals surface area contributed by atoms with Crippen LogP contribution >= 0.6 is 0 Å². The second-order valence-electron chi connectivity index (χ2n) is 5.10. The minimum absolute atomic E-state index is 0.0421. The maximum absolute atomic E-state index is 5.68. The maximum atomic E-state index is 5.68. The van der Waals surface area contributed by atoms with Crippen LogP contribution in [0.5, 0.6) is 0 Å². The third kappa shape index (κ3) is 4.50. The fourth-order valence-electron chi connectivity index (χ4n) is 1.30. The summed E-state index contributed by atoms with van der Waals surface area (Å²) in [5.41, 5.74) is 0.0421. The predicted molar refractivity (Wildman–Crippen MR) is 68.9 cm³/mol. The molecule has 0 bridgehead atoms. The van der Waals surface area contributed by atoms with Crippen molar-refractivity contribution >= 4 is 0 Å². The van der Waals surface area contributed by atoms with Gasteiger partial charge in [0, 0.05) is 5.54 Å². The number of hydrogen-bond acceptors (Lipinski definition) is 4. The summed E-state index contributed by atoms with van der Waals surface area (Å²) in [5.74, 6) is 1.82. The topological polar surface area (TPSA) is 37.6 Å². The Morgan fingerprint density at radius 3 is 2.53 bits per heavy atom. The second kappa shape index (κ2) is 6.19. The van der Waals surface area contributed by atoms with Gasteiger partial charge >= 0.3 is 0 Å². The molecule has 1 aromatic heterocycles. The van der Waals surface area contributed by atoms with E-state index in [9.17, 15) is 0 Å². The molecule has 1 N–H and O–H groups in total. The van der Waals surface area contributed by atoms with E-state index in [2.05, 4.69) is 38.2 Å². The molecule has 1 heterocycles. The summed E-state index contributed by atoms with van der Waals surface area (Å²) in [7, 11) is 6.01. The van der Waals surface area contributed by atoms with E-state index < -0.39 is 0 Å². The van der Waals surface area contributed by atoms with Gasteiger partial charge in [0.1, 0.15) is 18.1 Å². The van der Waals surface area contributed by atoms with Crippen molar-refractivity contribution in [3.8, 4) is 0 Å². The summed E-state index contributed by atoms with van der Waals surface area (Å²) >= 11 is 0. The van der Waals surface area contributed by atoms with E-state index in [-0.39, 0.29) is 5.54 Å². The average Bonchev–Trinajstić information content (AvgIpc) is 2.66. The Bertz CT molecular complexity index is 332. The van der Waals surface area contributed by atoms with Gasteiger partial charge < -0.3 is 19.4 Å². The normalized spacial score (nSPS) is 12.4. The summed E-state index contributed by atoms with van der Waals surface area (Å²) < 4.78 is 11.3. The first-order valence-corrected chi connectivity index (χ1v) is 5.93. The molecule has 0 aliphatic rings. The third-order valence-corrected chi connectivity index (χ3v) is 2.98. The number of furan rings is 1. The van der Waals surface area contributed by atoms with Crippen LogP contribution in [0.4, 0.5) is 0 Å². The largest absolute Gasteiger partial charge is 0.462 e. The van der Waals surface area contributed by atoms with Crippen LogP contribution < -0.4 is 5.32 Å². The highest BCUT2D eigenvalue weighted by atomic mass is 16.5. The van der Waals surface area contributed by atoms with Gasteiger partial charge in [0.2, 0.25) is 0 Å². The Morgan fingerprint density at radius 1 is 1.29 bits per heavy atom. The number of rotatable bonds is 7. The fraction of sp³-hybridized carbons (Fsp3) is 0.692. The van der Waals surface area contributed by atoms with Crippen LogP contribution in [0.3, 0.4) is 0 Å². The lowest BCUT2D eigenvalue weighted by Crippen LogP contribution is -2.42. The zero-order valence-electron chi connectivity index (χ0n) is 11.5. The molecule has 0 fully saturated rings. The zero-order chi connectivity index (χ0) is 12.9. The molecule has 0 aliphatic heterocycles. The zero-order valence-corrected chi connectivity index (χ0v) is 11.5. The standard InChI is InChI=1S/C13H24N2O2/c1-13(2,15(4)5)10-16-9-12-7-6-11(17-12)8-14-3/h6-7,14H,8-10H2,1-5H3. The van der Waals surface area contributed by atoms with Crippen molar-refractivity contribution in [2.75, 3.05) is 27.7 Å². The average molecular weight is 240 g/mol. The molecule has 0 atom stereocenters. The molecule has 1 aromatic rings. The van der Waals surface area contributed by atoms with Crippen LogP contribution in [0, 0.1) is 0 Å². The van der Waals surface area contributed by atoms with Crippen molar-refractivity contribution in [3.63, 3.8) is 0 Å². The highest BCUT2D eigenvalue weighted by molar-refractivity contribution is 5.06. The van der Waals surface area contributed by atoms with Gasteiger partial charge in [0.25, 0.3) is 0 Å². The maximum Gasteiger partial charge on any atom is 0.129 e. The van der Waals surface area contributed by atoms with Crippen LogP contribution in [0.2, 0.25) is 0 Å². The highest BCUT2D eigenvalue weighted by Gasteiger charge is 2.20. The molecule has 1 rings (SSSR count). The highest BCUT2D eigenvalue weighted by Crippen LogP contribution is 2.13. The molecule has 0 unspecified atom stereocenters. The lowest BCUT2D eigenvalue weighted by Gasteiger charge is -2.31. The molecule has 0 radical (unpaired) electrons. The summed E-state index contributed by atoms with van der Waals surface area (Å²) in [6, 6.07) is 3.95. The first-order chi connectivity index (χ1) is 7.95. The van der Waals surface area contributed by atoms with E-state index in [1.807, 2.05) is 19.2 Å². The van der Waals surface area contributed by atoms with Crippen molar-refractivity contribution in [1.82, 2.24) is 10.2 Å². The van der Waals surface area contributed by atoms with Gasteiger partial charge in [-0.1, -0.05) is 0 Å². The third-order valence-electron chi connectivity index (χ3n) is 2.98. The first-order valence-electron chi connectivity index (χ1n) is 5.93. The van der Waals surface area contributed by atoms with E-state index in [0.29, 0.717) is 13.2 Å². The van der Waals surface area contributed by atoms with Crippen LogP contribution in [-0.2, 0) is 17.9 Å². The number of likely N-dealkylation sites (N-methyl/N-ethyl adjacent to an activating group) is 1. The Hall–Kier alpha value is -0.840. The predicted octanol–water partition coefficient (Wildman–Crippen LogP) is 1.86. The van der Waals surface area contributed by atoms with Gasteiger partial charge in [-0.3, -0.25) is 0 Å². The molecule has 4 heteroatoms. The Kier molecular flexibility index (Phi) is 5.18. The van der Waals surface area contributed by atoms with Gasteiger partial charge in [-0.25, -0.2) is 0 Å². The molecule has 0 amide bonds. The number of ether oxygens (including phenoxy) is 1. The van der Waals surface area contributed by atoms with Crippen LogP contribution in [0.1, 0.15) is 25.4 Å².